The molecule has 0 atom stereocenters. The largest absolute Gasteiger partial charge is 0.454 e. The summed E-state index contributed by atoms with van der Waals surface area (Å²) in [4.78, 5) is 13.2. The maximum Gasteiger partial charge on any atom is 0.255 e. The van der Waals surface area contributed by atoms with Crippen molar-refractivity contribution in [3.8, 4) is 11.5 Å². The van der Waals surface area contributed by atoms with Crippen molar-refractivity contribution >= 4 is 27.3 Å². The fraction of sp³-hybridized carbons (Fsp3) is 0.269. The lowest BCUT2D eigenvalue weighted by atomic mass is 10.1. The summed E-state index contributed by atoms with van der Waals surface area (Å²) in [6.07, 6.45) is 0. The molecule has 10 heteroatoms. The molecule has 2 heterocycles. The number of ether oxygens (including phenoxy) is 3. The highest BCUT2D eigenvalue weighted by Gasteiger charge is 2.21. The number of hydrogen-bond donors (Lipinski definition) is 3. The van der Waals surface area contributed by atoms with E-state index in [4.69, 9.17) is 14.2 Å². The highest BCUT2D eigenvalue weighted by Crippen LogP contribution is 2.35. The van der Waals surface area contributed by atoms with Gasteiger partial charge < -0.3 is 24.8 Å². The third-order valence-electron chi connectivity index (χ3n) is 5.81. The van der Waals surface area contributed by atoms with Crippen LogP contribution in [0.25, 0.3) is 0 Å². The second kappa shape index (κ2) is 9.81. The number of hydrogen-bond acceptors (Lipinski definition) is 7. The van der Waals surface area contributed by atoms with Crippen molar-refractivity contribution in [3.05, 3.63) is 76.9 Å². The average Bonchev–Trinajstić information content (AvgIpc) is 3.51. The van der Waals surface area contributed by atoms with Crippen LogP contribution in [0.4, 0.5) is 11.4 Å². The fourth-order valence-corrected chi connectivity index (χ4v) is 5.47. The predicted molar refractivity (Wildman–Crippen MR) is 135 cm³/mol. The molecule has 0 unspecified atom stereocenters. The maximum absolute atomic E-state index is 13.2. The van der Waals surface area contributed by atoms with Gasteiger partial charge >= 0.3 is 0 Å². The van der Waals surface area contributed by atoms with E-state index >= 15 is 0 Å². The van der Waals surface area contributed by atoms with E-state index in [0.717, 1.165) is 16.7 Å². The minimum Gasteiger partial charge on any atom is -0.454 e. The number of rotatable bonds is 8. The Morgan fingerprint density at radius 3 is 2.64 bits per heavy atom. The Kier molecular flexibility index (Phi) is 6.57. The second-order valence-electron chi connectivity index (χ2n) is 8.96. The standard InChI is InChI=1S/C26H27N3O6S/c1-16(2)29-36(31,32)23-10-19(26(30)28-21-7-6-18-13-33-14-20(18)9-21)8-22(11-23)27-12-17-4-3-5-24-25(17)35-15-34-24/h3-11,16,27,29H,12-15H2,1-2H3,(H,28,30). The van der Waals surface area contributed by atoms with Crippen molar-refractivity contribution < 1.29 is 27.4 Å². The van der Waals surface area contributed by atoms with Crippen LogP contribution in [0.1, 0.15) is 40.9 Å². The van der Waals surface area contributed by atoms with Crippen LogP contribution in [0, 0.1) is 0 Å². The van der Waals surface area contributed by atoms with Crippen LogP contribution >= 0.6 is 0 Å². The van der Waals surface area contributed by atoms with Gasteiger partial charge in [0.1, 0.15) is 0 Å². The molecule has 3 aromatic carbocycles. The smallest absolute Gasteiger partial charge is 0.255 e. The number of carbonyl (C=O) groups is 1. The number of sulfonamides is 1. The molecule has 9 nitrogen and oxygen atoms in total. The van der Waals surface area contributed by atoms with Gasteiger partial charge in [-0.1, -0.05) is 18.2 Å². The molecule has 0 aliphatic carbocycles. The van der Waals surface area contributed by atoms with Gasteiger partial charge in [0.15, 0.2) is 11.5 Å². The molecular weight excluding hydrogens is 482 g/mol. The number of para-hydroxylation sites is 1. The molecule has 0 saturated carbocycles. The quantitative estimate of drug-likeness (QED) is 0.421. The van der Waals surface area contributed by atoms with Crippen molar-refractivity contribution in [2.24, 2.45) is 0 Å². The first-order valence-corrected chi connectivity index (χ1v) is 13.1. The maximum atomic E-state index is 13.2. The van der Waals surface area contributed by atoms with Crippen LogP contribution in [-0.4, -0.2) is 27.2 Å². The minimum absolute atomic E-state index is 0.00780. The molecule has 2 aliphatic heterocycles. The van der Waals surface area contributed by atoms with Gasteiger partial charge in [-0.05, 0) is 61.4 Å². The number of anilines is 2. The van der Waals surface area contributed by atoms with E-state index in [0.29, 0.717) is 42.6 Å². The Balaban J connectivity index is 1.43. The van der Waals surface area contributed by atoms with Gasteiger partial charge in [-0.2, -0.15) is 0 Å². The van der Waals surface area contributed by atoms with Crippen LogP contribution in [0.5, 0.6) is 11.5 Å². The summed E-state index contributed by atoms with van der Waals surface area (Å²) < 4.78 is 44.9. The lowest BCUT2D eigenvalue weighted by molar-refractivity contribution is 0.102. The molecule has 188 valence electrons. The van der Waals surface area contributed by atoms with Crippen LogP contribution in [0.2, 0.25) is 0 Å². The van der Waals surface area contributed by atoms with E-state index in [1.165, 1.54) is 12.1 Å². The van der Waals surface area contributed by atoms with Crippen LogP contribution < -0.4 is 24.8 Å². The summed E-state index contributed by atoms with van der Waals surface area (Å²) in [5.41, 5.74) is 4.27. The third-order valence-corrected chi connectivity index (χ3v) is 7.45. The molecule has 1 amide bonds. The molecule has 5 rings (SSSR count). The van der Waals surface area contributed by atoms with Crippen LogP contribution in [-0.2, 0) is 34.5 Å². The Morgan fingerprint density at radius 1 is 0.972 bits per heavy atom. The van der Waals surface area contributed by atoms with Crippen LogP contribution in [0.3, 0.4) is 0 Å². The second-order valence-corrected chi connectivity index (χ2v) is 10.7. The molecular formula is C26H27N3O6S. The van der Waals surface area contributed by atoms with Crippen molar-refractivity contribution in [2.45, 2.75) is 44.5 Å². The molecule has 0 saturated heterocycles. The Hall–Kier alpha value is -3.60. The molecule has 0 bridgehead atoms. The molecule has 0 fully saturated rings. The monoisotopic (exact) mass is 509 g/mol. The highest BCUT2D eigenvalue weighted by molar-refractivity contribution is 7.89. The van der Waals surface area contributed by atoms with E-state index in [2.05, 4.69) is 15.4 Å². The summed E-state index contributed by atoms with van der Waals surface area (Å²) in [7, 11) is -3.84. The number of benzene rings is 3. The van der Waals surface area contributed by atoms with E-state index < -0.39 is 15.9 Å². The summed E-state index contributed by atoms with van der Waals surface area (Å²) in [6.45, 7) is 5.04. The van der Waals surface area contributed by atoms with Gasteiger partial charge in [0.2, 0.25) is 16.8 Å². The Morgan fingerprint density at radius 2 is 1.81 bits per heavy atom. The first kappa shape index (κ1) is 24.1. The summed E-state index contributed by atoms with van der Waals surface area (Å²) in [6, 6.07) is 15.4. The average molecular weight is 510 g/mol. The van der Waals surface area contributed by atoms with Gasteiger partial charge in [0.25, 0.3) is 5.91 Å². The molecule has 3 N–H and O–H groups in total. The number of carbonyl (C=O) groups excluding carboxylic acids is 1. The van der Waals surface area contributed by atoms with Crippen molar-refractivity contribution in [3.63, 3.8) is 0 Å². The molecule has 0 radical (unpaired) electrons. The van der Waals surface area contributed by atoms with Gasteiger partial charge in [-0.25, -0.2) is 13.1 Å². The SMILES string of the molecule is CC(C)NS(=O)(=O)c1cc(NCc2cccc3c2OCO3)cc(C(=O)Nc2ccc3c(c2)COC3)c1. The summed E-state index contributed by atoms with van der Waals surface area (Å²) >= 11 is 0. The molecule has 0 aromatic heterocycles. The zero-order chi connectivity index (χ0) is 25.3. The first-order chi connectivity index (χ1) is 17.3. The highest BCUT2D eigenvalue weighted by atomic mass is 32.2. The molecule has 2 aliphatic rings. The normalized spacial score (nSPS) is 14.1. The van der Waals surface area contributed by atoms with Gasteiger partial charge in [0.05, 0.1) is 18.1 Å². The van der Waals surface area contributed by atoms with Gasteiger partial charge in [-0.3, -0.25) is 4.79 Å². The van der Waals surface area contributed by atoms with E-state index in [1.807, 2.05) is 36.4 Å². The van der Waals surface area contributed by atoms with Gasteiger partial charge in [0, 0.05) is 35.1 Å². The number of nitrogens with one attached hydrogen (secondary N) is 3. The first-order valence-electron chi connectivity index (χ1n) is 11.6. The number of amides is 1. The lowest BCUT2D eigenvalue weighted by Crippen LogP contribution is -2.30. The number of fused-ring (bicyclic) bond motifs is 2. The minimum atomic E-state index is -3.84. The fourth-order valence-electron chi connectivity index (χ4n) is 4.15. The van der Waals surface area contributed by atoms with E-state index in [-0.39, 0.29) is 23.3 Å². The molecule has 3 aromatic rings. The van der Waals surface area contributed by atoms with Crippen LogP contribution in [0.15, 0.2) is 59.5 Å². The zero-order valence-electron chi connectivity index (χ0n) is 20.0. The Bertz CT molecular complexity index is 1420. The Labute approximate surface area is 209 Å². The topological polar surface area (TPSA) is 115 Å². The molecule has 36 heavy (non-hydrogen) atoms. The summed E-state index contributed by atoms with van der Waals surface area (Å²) in [5, 5.41) is 6.09. The zero-order valence-corrected chi connectivity index (χ0v) is 20.8. The van der Waals surface area contributed by atoms with E-state index in [9.17, 15) is 13.2 Å². The lowest BCUT2D eigenvalue weighted by Gasteiger charge is -2.15. The summed E-state index contributed by atoms with van der Waals surface area (Å²) in [5.74, 6) is 0.885. The predicted octanol–water partition coefficient (Wildman–Crippen LogP) is 4.00. The van der Waals surface area contributed by atoms with Gasteiger partial charge in [-0.15, -0.1) is 0 Å². The van der Waals surface area contributed by atoms with E-state index in [1.54, 1.807) is 19.9 Å². The van der Waals surface area contributed by atoms with Crippen molar-refractivity contribution in [2.75, 3.05) is 17.4 Å². The third kappa shape index (κ3) is 5.15. The van der Waals surface area contributed by atoms with Crippen molar-refractivity contribution in [1.29, 1.82) is 0 Å². The van der Waals surface area contributed by atoms with Crippen molar-refractivity contribution in [1.82, 2.24) is 4.72 Å². The molecule has 0 spiro atoms.